The van der Waals surface area contributed by atoms with Crippen molar-refractivity contribution in [3.63, 3.8) is 0 Å². The number of alkyl halides is 6. The molecule has 8 heteroatoms. The fourth-order valence-corrected chi connectivity index (χ4v) is 0.419. The van der Waals surface area contributed by atoms with E-state index in [0.717, 1.165) is 7.11 Å². The van der Waals surface area contributed by atoms with E-state index in [2.05, 4.69) is 4.74 Å². The summed E-state index contributed by atoms with van der Waals surface area (Å²) in [5.74, 6) is 0. The molecule has 0 bridgehead atoms. The quantitative estimate of drug-likeness (QED) is 0.381. The van der Waals surface area contributed by atoms with E-state index in [4.69, 9.17) is 0 Å². The molecule has 0 aromatic heterocycles. The van der Waals surface area contributed by atoms with Crippen LogP contribution in [0.4, 0.5) is 26.3 Å². The molecule has 0 spiro atoms. The molecule has 0 fully saturated rings. The summed E-state index contributed by atoms with van der Waals surface area (Å²) in [6.07, 6.45) is -10.9. The second-order valence-electron chi connectivity index (χ2n) is 1.78. The molecule has 0 aliphatic rings. The summed E-state index contributed by atoms with van der Waals surface area (Å²) in [5, 5.41) is 0. The van der Waals surface area contributed by atoms with E-state index in [1.165, 1.54) is 0 Å². The van der Waals surface area contributed by atoms with E-state index in [9.17, 15) is 26.3 Å². The lowest BCUT2D eigenvalue weighted by molar-refractivity contribution is -0.387. The van der Waals surface area contributed by atoms with Gasteiger partial charge in [0.2, 0.25) is 0 Å². The maximum absolute atomic E-state index is 11.5. The first-order valence-electron chi connectivity index (χ1n) is 2.59. The Bertz CT molecular complexity index is 125. The lowest BCUT2D eigenvalue weighted by atomic mass is 10.8. The summed E-state index contributed by atoms with van der Waals surface area (Å²) < 4.78 is 72.9. The third-order valence-corrected chi connectivity index (χ3v) is 0.870. The van der Waals surface area contributed by atoms with Crippen LogP contribution in [0, 0.1) is 0 Å². The average molecular weight is 197 g/mol. The van der Waals surface area contributed by atoms with Gasteiger partial charge in [0.1, 0.15) is 6.73 Å². The molecule has 0 aliphatic heterocycles. The summed E-state index contributed by atoms with van der Waals surface area (Å²) in [6, 6.07) is 0. The highest BCUT2D eigenvalue weighted by molar-refractivity contribution is 4.58. The van der Waals surface area contributed by atoms with Gasteiger partial charge in [-0.3, -0.25) is 0 Å². The number of methoxy groups -OCH3 is 1. The van der Waals surface area contributed by atoms with E-state index in [0.29, 0.717) is 0 Å². The highest BCUT2D eigenvalue weighted by atomic mass is 19.4. The van der Waals surface area contributed by atoms with Crippen molar-refractivity contribution in [3.05, 3.63) is 0 Å². The Kier molecular flexibility index (Phi) is 3.34. The van der Waals surface area contributed by atoms with Crippen LogP contribution in [0.1, 0.15) is 0 Å². The van der Waals surface area contributed by atoms with E-state index >= 15 is 0 Å². The molecule has 0 unspecified atom stereocenters. The van der Waals surface area contributed by atoms with Crippen LogP contribution in [0.3, 0.4) is 0 Å². The van der Waals surface area contributed by atoms with Crippen LogP contribution < -0.4 is 0 Å². The standard InChI is InChI=1S/C4H5F6NO/c1-12-2-11(3(5,6)7)4(8,9)10/h2H2,1H3. The topological polar surface area (TPSA) is 12.5 Å². The van der Waals surface area contributed by atoms with Gasteiger partial charge in [-0.1, -0.05) is 4.90 Å². The zero-order chi connectivity index (χ0) is 9.99. The predicted molar refractivity (Wildman–Crippen MR) is 25.8 cm³/mol. The first-order chi connectivity index (χ1) is 5.19. The minimum atomic E-state index is -5.46. The summed E-state index contributed by atoms with van der Waals surface area (Å²) >= 11 is 0. The maximum Gasteiger partial charge on any atom is 0.468 e. The first kappa shape index (κ1) is 11.5. The van der Waals surface area contributed by atoms with Gasteiger partial charge in [0.05, 0.1) is 0 Å². The van der Waals surface area contributed by atoms with Gasteiger partial charge in [0.25, 0.3) is 0 Å². The smallest absolute Gasteiger partial charge is 0.369 e. The number of halogens is 6. The molecular formula is C4H5F6NO. The van der Waals surface area contributed by atoms with Gasteiger partial charge in [-0.2, -0.15) is 26.3 Å². The molecular weight excluding hydrogens is 192 g/mol. The van der Waals surface area contributed by atoms with E-state index < -0.39 is 24.2 Å². The zero-order valence-electron chi connectivity index (χ0n) is 5.83. The molecule has 0 rings (SSSR count). The minimum absolute atomic E-state index is 0.741. The second kappa shape index (κ2) is 3.48. The highest BCUT2D eigenvalue weighted by Crippen LogP contribution is 2.32. The van der Waals surface area contributed by atoms with Crippen molar-refractivity contribution in [2.24, 2.45) is 0 Å². The van der Waals surface area contributed by atoms with Crippen LogP contribution in [-0.4, -0.2) is 31.3 Å². The third kappa shape index (κ3) is 3.26. The average Bonchev–Trinajstić information content (AvgIpc) is 1.77. The predicted octanol–water partition coefficient (Wildman–Crippen LogP) is 1.93. The van der Waals surface area contributed by atoms with Crippen LogP contribution in [-0.2, 0) is 4.74 Å². The Labute approximate surface area is 63.7 Å². The van der Waals surface area contributed by atoms with Crippen LogP contribution in [0.5, 0.6) is 0 Å². The molecule has 0 atom stereocenters. The number of ether oxygens (including phenoxy) is 1. The number of hydrogen-bond donors (Lipinski definition) is 0. The molecule has 0 aliphatic carbocycles. The van der Waals surface area contributed by atoms with Crippen LogP contribution in [0.2, 0.25) is 0 Å². The molecule has 0 amide bonds. The van der Waals surface area contributed by atoms with Crippen molar-refractivity contribution in [2.75, 3.05) is 13.8 Å². The summed E-state index contributed by atoms with van der Waals surface area (Å²) in [4.78, 5) is -1.67. The Morgan fingerprint density at radius 1 is 1.00 bits per heavy atom. The van der Waals surface area contributed by atoms with Gasteiger partial charge in [-0.25, -0.2) is 0 Å². The lowest BCUT2D eigenvalue weighted by Gasteiger charge is -2.25. The molecule has 2 nitrogen and oxygen atoms in total. The van der Waals surface area contributed by atoms with Crippen molar-refractivity contribution in [1.29, 1.82) is 0 Å². The summed E-state index contributed by atoms with van der Waals surface area (Å²) in [5.41, 5.74) is 0. The molecule has 0 saturated heterocycles. The molecule has 74 valence electrons. The van der Waals surface area contributed by atoms with Gasteiger partial charge in [-0.15, -0.1) is 0 Å². The van der Waals surface area contributed by atoms with Crippen molar-refractivity contribution >= 4 is 0 Å². The van der Waals surface area contributed by atoms with Crippen LogP contribution in [0.25, 0.3) is 0 Å². The largest absolute Gasteiger partial charge is 0.468 e. The summed E-state index contributed by atoms with van der Waals surface area (Å²) in [7, 11) is 0.741. The summed E-state index contributed by atoms with van der Waals surface area (Å²) in [6.45, 7) is -1.56. The van der Waals surface area contributed by atoms with Crippen molar-refractivity contribution in [1.82, 2.24) is 4.90 Å². The van der Waals surface area contributed by atoms with E-state index in [-0.39, 0.29) is 0 Å². The third-order valence-electron chi connectivity index (χ3n) is 0.870. The molecule has 12 heavy (non-hydrogen) atoms. The molecule has 0 aromatic rings. The molecule has 0 aromatic carbocycles. The molecule has 0 saturated carbocycles. The fraction of sp³-hybridized carbons (Fsp3) is 1.00. The number of nitrogens with zero attached hydrogens (tertiary/aromatic N) is 1. The van der Waals surface area contributed by atoms with E-state index in [1.807, 2.05) is 0 Å². The fourth-order valence-electron chi connectivity index (χ4n) is 0.419. The number of rotatable bonds is 2. The zero-order valence-corrected chi connectivity index (χ0v) is 5.83. The van der Waals surface area contributed by atoms with Gasteiger partial charge in [0, 0.05) is 7.11 Å². The Morgan fingerprint density at radius 2 is 1.33 bits per heavy atom. The highest BCUT2D eigenvalue weighted by Gasteiger charge is 2.53. The van der Waals surface area contributed by atoms with Gasteiger partial charge in [0.15, 0.2) is 0 Å². The Balaban J connectivity index is 4.45. The Morgan fingerprint density at radius 3 is 1.42 bits per heavy atom. The molecule has 0 radical (unpaired) electrons. The first-order valence-corrected chi connectivity index (χ1v) is 2.59. The SMILES string of the molecule is COCN(C(F)(F)F)C(F)(F)F. The normalized spacial score (nSPS) is 14.0. The molecule has 0 N–H and O–H groups in total. The van der Waals surface area contributed by atoms with Crippen molar-refractivity contribution < 1.29 is 31.1 Å². The van der Waals surface area contributed by atoms with Crippen LogP contribution in [0.15, 0.2) is 0 Å². The lowest BCUT2D eigenvalue weighted by Crippen LogP contribution is -2.48. The van der Waals surface area contributed by atoms with Crippen LogP contribution >= 0.6 is 0 Å². The van der Waals surface area contributed by atoms with Gasteiger partial charge >= 0.3 is 12.6 Å². The monoisotopic (exact) mass is 197 g/mol. The second-order valence-corrected chi connectivity index (χ2v) is 1.78. The molecule has 0 heterocycles. The maximum atomic E-state index is 11.5. The van der Waals surface area contributed by atoms with Crippen molar-refractivity contribution in [3.8, 4) is 0 Å². The van der Waals surface area contributed by atoms with Gasteiger partial charge in [-0.05, 0) is 0 Å². The minimum Gasteiger partial charge on any atom is -0.369 e. The Hall–Kier alpha value is -0.500. The van der Waals surface area contributed by atoms with E-state index in [1.54, 1.807) is 0 Å². The van der Waals surface area contributed by atoms with Gasteiger partial charge < -0.3 is 4.74 Å². The number of hydrogen-bond acceptors (Lipinski definition) is 2. The van der Waals surface area contributed by atoms with Crippen molar-refractivity contribution in [2.45, 2.75) is 12.6 Å².